The molecule has 0 atom stereocenters. The second kappa shape index (κ2) is 6.42. The van der Waals surface area contributed by atoms with E-state index in [-0.39, 0.29) is 11.6 Å². The van der Waals surface area contributed by atoms with Crippen molar-refractivity contribution in [1.82, 2.24) is 14.1 Å². The largest absolute Gasteiger partial charge is 0.480 e. The van der Waals surface area contributed by atoms with Gasteiger partial charge in [0.15, 0.2) is 0 Å². The van der Waals surface area contributed by atoms with E-state index in [0.717, 1.165) is 15.2 Å². The second-order valence-electron chi connectivity index (χ2n) is 5.68. The van der Waals surface area contributed by atoms with Crippen molar-refractivity contribution in [3.63, 3.8) is 0 Å². The van der Waals surface area contributed by atoms with Crippen LogP contribution in [0.4, 0.5) is 0 Å². The lowest BCUT2D eigenvalue weighted by atomic mass is 10.3. The minimum Gasteiger partial charge on any atom is -0.480 e. The van der Waals surface area contributed by atoms with Crippen molar-refractivity contribution in [1.29, 1.82) is 0 Å². The fourth-order valence-electron chi connectivity index (χ4n) is 2.87. The average Bonchev–Trinajstić information content (AvgIpc) is 3.10. The normalized spacial score (nSPS) is 11.5. The summed E-state index contributed by atoms with van der Waals surface area (Å²) in [5.41, 5.74) is 1.36. The molecule has 132 valence electrons. The summed E-state index contributed by atoms with van der Waals surface area (Å²) in [7, 11) is 0. The number of aliphatic carboxylic acids is 1. The number of hydrogen-bond acceptors (Lipinski definition) is 4. The van der Waals surface area contributed by atoms with Crippen LogP contribution in [-0.4, -0.2) is 25.2 Å². The maximum absolute atomic E-state index is 12.8. The number of rotatable bonds is 4. The van der Waals surface area contributed by atoms with Crippen LogP contribution < -0.4 is 5.69 Å². The number of para-hydroxylation sites is 1. The highest BCUT2D eigenvalue weighted by Crippen LogP contribution is 2.29. The zero-order valence-electron chi connectivity index (χ0n) is 13.1. The summed E-state index contributed by atoms with van der Waals surface area (Å²) >= 11 is 13.6. The number of carboxylic acid groups (broad SMARTS) is 1. The SMILES string of the molecule is O=C(O)Cn1c(=O)n(Cc2nc3ccccc3s2)c2cc(Cl)c(Cl)cc21. The first-order valence-electron chi connectivity index (χ1n) is 7.58. The highest BCUT2D eigenvalue weighted by Gasteiger charge is 2.18. The third-order valence-corrected chi connectivity index (χ3v) is 5.73. The van der Waals surface area contributed by atoms with Crippen LogP contribution in [0, 0.1) is 0 Å². The summed E-state index contributed by atoms with van der Waals surface area (Å²) in [6.07, 6.45) is 0. The molecule has 4 aromatic rings. The van der Waals surface area contributed by atoms with Gasteiger partial charge in [-0.25, -0.2) is 9.78 Å². The van der Waals surface area contributed by atoms with E-state index in [2.05, 4.69) is 4.98 Å². The van der Waals surface area contributed by atoms with Crippen LogP contribution in [-0.2, 0) is 17.9 Å². The second-order valence-corrected chi connectivity index (χ2v) is 7.61. The first-order chi connectivity index (χ1) is 12.4. The van der Waals surface area contributed by atoms with Gasteiger partial charge in [-0.2, -0.15) is 0 Å². The lowest BCUT2D eigenvalue weighted by molar-refractivity contribution is -0.137. The van der Waals surface area contributed by atoms with Gasteiger partial charge in [-0.05, 0) is 24.3 Å². The molecule has 0 saturated heterocycles. The first-order valence-corrected chi connectivity index (χ1v) is 9.15. The number of imidazole rings is 1. The van der Waals surface area contributed by atoms with Gasteiger partial charge in [0.1, 0.15) is 11.6 Å². The molecule has 0 saturated carbocycles. The van der Waals surface area contributed by atoms with Crippen LogP contribution in [0.25, 0.3) is 21.3 Å². The van der Waals surface area contributed by atoms with E-state index >= 15 is 0 Å². The van der Waals surface area contributed by atoms with Crippen LogP contribution in [0.2, 0.25) is 10.0 Å². The van der Waals surface area contributed by atoms with Crippen molar-refractivity contribution in [3.8, 4) is 0 Å². The third kappa shape index (κ3) is 2.88. The molecule has 0 amide bonds. The third-order valence-electron chi connectivity index (χ3n) is 3.99. The molecule has 0 unspecified atom stereocenters. The predicted octanol–water partition coefficient (Wildman–Crippen LogP) is 3.85. The van der Waals surface area contributed by atoms with Crippen molar-refractivity contribution in [2.24, 2.45) is 0 Å². The van der Waals surface area contributed by atoms with Crippen LogP contribution in [0.3, 0.4) is 0 Å². The smallest absolute Gasteiger partial charge is 0.330 e. The molecule has 6 nitrogen and oxygen atoms in total. The summed E-state index contributed by atoms with van der Waals surface area (Å²) in [5.74, 6) is -1.11. The van der Waals surface area contributed by atoms with E-state index in [0.29, 0.717) is 16.1 Å². The number of carboxylic acids is 1. The topological polar surface area (TPSA) is 77.1 Å². The van der Waals surface area contributed by atoms with Gasteiger partial charge in [0, 0.05) is 0 Å². The van der Waals surface area contributed by atoms with Crippen molar-refractivity contribution < 1.29 is 9.90 Å². The molecule has 0 aliphatic rings. The van der Waals surface area contributed by atoms with Crippen molar-refractivity contribution in [2.75, 3.05) is 0 Å². The number of benzene rings is 2. The van der Waals surface area contributed by atoms with Crippen LogP contribution in [0.5, 0.6) is 0 Å². The number of hydrogen-bond donors (Lipinski definition) is 1. The Morgan fingerprint density at radius 3 is 2.42 bits per heavy atom. The van der Waals surface area contributed by atoms with E-state index in [1.165, 1.54) is 26.5 Å². The Bertz CT molecular complexity index is 1190. The summed E-state index contributed by atoms with van der Waals surface area (Å²) in [6, 6.07) is 10.8. The molecule has 9 heteroatoms. The van der Waals surface area contributed by atoms with Gasteiger partial charge in [-0.15, -0.1) is 11.3 Å². The minimum absolute atomic E-state index is 0.221. The first kappa shape index (κ1) is 17.1. The Balaban J connectivity index is 1.90. The fraction of sp³-hybridized carbons (Fsp3) is 0.118. The van der Waals surface area contributed by atoms with Crippen molar-refractivity contribution in [3.05, 3.63) is 61.9 Å². The van der Waals surface area contributed by atoms with Crippen LogP contribution in [0.1, 0.15) is 5.01 Å². The van der Waals surface area contributed by atoms with Gasteiger partial charge < -0.3 is 5.11 Å². The van der Waals surface area contributed by atoms with E-state index in [1.807, 2.05) is 24.3 Å². The van der Waals surface area contributed by atoms with Gasteiger partial charge in [-0.1, -0.05) is 35.3 Å². The highest BCUT2D eigenvalue weighted by molar-refractivity contribution is 7.18. The standard InChI is InChI=1S/C17H11Cl2N3O3S/c18-9-5-12-13(6-10(9)19)22(8-16(23)24)17(25)21(12)7-15-20-11-3-1-2-4-14(11)26-15/h1-6H,7-8H2,(H,23,24). The van der Waals surface area contributed by atoms with Crippen molar-refractivity contribution >= 4 is 61.8 Å². The van der Waals surface area contributed by atoms with Gasteiger partial charge in [-0.3, -0.25) is 13.9 Å². The van der Waals surface area contributed by atoms with E-state index in [9.17, 15) is 9.59 Å². The maximum atomic E-state index is 12.8. The zero-order chi connectivity index (χ0) is 18.4. The molecule has 0 bridgehead atoms. The molecule has 2 heterocycles. The maximum Gasteiger partial charge on any atom is 0.330 e. The lowest BCUT2D eigenvalue weighted by Crippen LogP contribution is -2.27. The molecule has 26 heavy (non-hydrogen) atoms. The zero-order valence-corrected chi connectivity index (χ0v) is 15.5. The monoisotopic (exact) mass is 407 g/mol. The number of nitrogens with zero attached hydrogens (tertiary/aromatic N) is 3. The van der Waals surface area contributed by atoms with Gasteiger partial charge in [0.05, 0.1) is 37.8 Å². The number of carbonyl (C=O) groups is 1. The molecule has 2 aromatic heterocycles. The molecular weight excluding hydrogens is 397 g/mol. The number of thiazole rings is 1. The molecule has 0 fully saturated rings. The molecule has 0 radical (unpaired) electrons. The quantitative estimate of drug-likeness (QED) is 0.557. The molecule has 0 aliphatic carbocycles. The van der Waals surface area contributed by atoms with Crippen molar-refractivity contribution in [2.45, 2.75) is 13.1 Å². The molecule has 4 rings (SSSR count). The molecule has 0 spiro atoms. The number of halogens is 2. The Labute approximate surface area is 160 Å². The van der Waals surface area contributed by atoms with Gasteiger partial charge in [0.2, 0.25) is 0 Å². The number of aromatic nitrogens is 3. The van der Waals surface area contributed by atoms with Crippen LogP contribution in [0.15, 0.2) is 41.2 Å². The predicted molar refractivity (Wildman–Crippen MR) is 103 cm³/mol. The Morgan fingerprint density at radius 2 is 1.77 bits per heavy atom. The van der Waals surface area contributed by atoms with E-state index in [1.54, 1.807) is 6.07 Å². The molecule has 1 N–H and O–H groups in total. The van der Waals surface area contributed by atoms with Gasteiger partial charge >= 0.3 is 11.7 Å². The summed E-state index contributed by atoms with van der Waals surface area (Å²) in [5, 5.41) is 10.4. The Morgan fingerprint density at radius 1 is 1.12 bits per heavy atom. The molecule has 2 aromatic carbocycles. The Hall–Kier alpha value is -2.35. The molecular formula is C17H11Cl2N3O3S. The van der Waals surface area contributed by atoms with Gasteiger partial charge in [0.25, 0.3) is 0 Å². The fourth-order valence-corrected chi connectivity index (χ4v) is 4.15. The minimum atomic E-state index is -1.11. The summed E-state index contributed by atoms with van der Waals surface area (Å²) < 4.78 is 3.66. The average molecular weight is 408 g/mol. The highest BCUT2D eigenvalue weighted by atomic mass is 35.5. The molecule has 0 aliphatic heterocycles. The summed E-state index contributed by atoms with van der Waals surface area (Å²) in [4.78, 5) is 28.5. The Kier molecular flexibility index (Phi) is 4.22. The van der Waals surface area contributed by atoms with Crippen LogP contribution >= 0.6 is 34.5 Å². The summed E-state index contributed by atoms with van der Waals surface area (Å²) in [6.45, 7) is -0.237. The van der Waals surface area contributed by atoms with E-state index in [4.69, 9.17) is 28.3 Å². The number of fused-ring (bicyclic) bond motifs is 2. The van der Waals surface area contributed by atoms with E-state index < -0.39 is 18.2 Å². The lowest BCUT2D eigenvalue weighted by Gasteiger charge is -2.02.